The molecule has 2 aliphatic rings. The molecule has 0 bridgehead atoms. The van der Waals surface area contributed by atoms with E-state index in [0.717, 1.165) is 19.3 Å². The van der Waals surface area contributed by atoms with Crippen molar-refractivity contribution < 1.29 is 10.0 Å². The highest BCUT2D eigenvalue weighted by Crippen LogP contribution is 2.49. The van der Waals surface area contributed by atoms with Gasteiger partial charge in [-0.3, -0.25) is 10.1 Å². The van der Waals surface area contributed by atoms with Gasteiger partial charge in [-0.25, -0.2) is 0 Å². The van der Waals surface area contributed by atoms with Crippen molar-refractivity contribution in [3.63, 3.8) is 0 Å². The Kier molecular flexibility index (Phi) is 1.61. The number of hydrogen-bond donors (Lipinski definition) is 1. The van der Waals surface area contributed by atoms with Crippen molar-refractivity contribution in [2.24, 2.45) is 5.92 Å². The summed E-state index contributed by atoms with van der Waals surface area (Å²) in [6.07, 6.45) is 3.17. The van der Waals surface area contributed by atoms with Crippen LogP contribution in [0, 0.1) is 16.0 Å². The van der Waals surface area contributed by atoms with Crippen LogP contribution in [0.3, 0.4) is 0 Å². The van der Waals surface area contributed by atoms with Crippen LogP contribution in [-0.4, -0.2) is 21.7 Å². The number of nitro groups is 1. The van der Waals surface area contributed by atoms with Gasteiger partial charge < -0.3 is 5.11 Å². The third-order valence-corrected chi connectivity index (χ3v) is 3.54. The Bertz CT molecular complexity index is 218. The van der Waals surface area contributed by atoms with Crippen LogP contribution in [0.4, 0.5) is 0 Å². The highest BCUT2D eigenvalue weighted by molar-refractivity contribution is 5.03. The van der Waals surface area contributed by atoms with Gasteiger partial charge in [0.05, 0.1) is 0 Å². The summed E-state index contributed by atoms with van der Waals surface area (Å²) in [6.45, 7) is 0. The Morgan fingerprint density at radius 1 is 1.42 bits per heavy atom. The maximum atomic E-state index is 10.9. The predicted molar refractivity (Wildman–Crippen MR) is 42.3 cm³/mol. The average Bonchev–Trinajstić information content (AvgIpc) is 2.52. The third kappa shape index (κ3) is 0.759. The Balaban J connectivity index is 2.33. The quantitative estimate of drug-likeness (QED) is 0.472. The number of fused-ring (bicyclic) bond motifs is 1. The zero-order valence-electron chi connectivity index (χ0n) is 6.90. The normalized spacial score (nSPS) is 46.1. The van der Waals surface area contributed by atoms with Gasteiger partial charge in [-0.05, 0) is 25.7 Å². The Morgan fingerprint density at radius 3 is 2.75 bits per heavy atom. The number of aliphatic hydroxyl groups excluding tert-OH is 1. The first-order valence-corrected chi connectivity index (χ1v) is 4.50. The molecule has 3 atom stereocenters. The van der Waals surface area contributed by atoms with E-state index < -0.39 is 11.6 Å². The Hall–Kier alpha value is -0.640. The van der Waals surface area contributed by atoms with Gasteiger partial charge in [0.1, 0.15) is 6.10 Å². The molecule has 3 unspecified atom stereocenters. The van der Waals surface area contributed by atoms with Gasteiger partial charge in [-0.1, -0.05) is 0 Å². The minimum absolute atomic E-state index is 0.141. The van der Waals surface area contributed by atoms with Crippen LogP contribution in [0.5, 0.6) is 0 Å². The molecule has 2 fully saturated rings. The number of hydrogen-bond acceptors (Lipinski definition) is 3. The molecule has 68 valence electrons. The molecule has 4 heteroatoms. The lowest BCUT2D eigenvalue weighted by Crippen LogP contribution is -2.47. The van der Waals surface area contributed by atoms with Gasteiger partial charge in [0, 0.05) is 17.3 Å². The van der Waals surface area contributed by atoms with Crippen LogP contribution in [0.1, 0.15) is 32.1 Å². The zero-order chi connectivity index (χ0) is 8.77. The van der Waals surface area contributed by atoms with Gasteiger partial charge in [0.25, 0.3) is 0 Å². The summed E-state index contributed by atoms with van der Waals surface area (Å²) in [5.74, 6) is 0.141. The first kappa shape index (κ1) is 7.98. The number of nitrogens with zero attached hydrogens (tertiary/aromatic N) is 1. The molecule has 0 aliphatic heterocycles. The first-order valence-electron chi connectivity index (χ1n) is 4.50. The predicted octanol–water partition coefficient (Wildman–Crippen LogP) is 0.957. The molecule has 2 saturated carbocycles. The Morgan fingerprint density at radius 2 is 2.17 bits per heavy atom. The topological polar surface area (TPSA) is 63.4 Å². The third-order valence-electron chi connectivity index (χ3n) is 3.54. The molecule has 4 nitrogen and oxygen atoms in total. The molecule has 0 amide bonds. The van der Waals surface area contributed by atoms with Crippen molar-refractivity contribution in [2.45, 2.75) is 43.7 Å². The summed E-state index contributed by atoms with van der Waals surface area (Å²) >= 11 is 0. The standard InChI is InChI=1S/C8H13NO3/c10-7-4-3-6-2-1-5-8(6,7)9(11)12/h6-7,10H,1-5H2. The molecule has 0 aromatic carbocycles. The van der Waals surface area contributed by atoms with E-state index in [9.17, 15) is 15.2 Å². The van der Waals surface area contributed by atoms with Crippen molar-refractivity contribution in [1.82, 2.24) is 0 Å². The lowest BCUT2D eigenvalue weighted by molar-refractivity contribution is -0.584. The molecule has 0 radical (unpaired) electrons. The van der Waals surface area contributed by atoms with Crippen LogP contribution >= 0.6 is 0 Å². The number of rotatable bonds is 1. The van der Waals surface area contributed by atoms with Gasteiger partial charge in [-0.15, -0.1) is 0 Å². The van der Waals surface area contributed by atoms with Gasteiger partial charge >= 0.3 is 0 Å². The van der Waals surface area contributed by atoms with E-state index in [1.165, 1.54) is 0 Å². The minimum Gasteiger partial charge on any atom is -0.386 e. The minimum atomic E-state index is -0.958. The molecule has 0 aromatic rings. The molecular weight excluding hydrogens is 158 g/mol. The van der Waals surface area contributed by atoms with E-state index >= 15 is 0 Å². The summed E-state index contributed by atoms with van der Waals surface area (Å²) in [6, 6.07) is 0. The molecule has 1 N–H and O–H groups in total. The maximum absolute atomic E-state index is 10.9. The molecule has 12 heavy (non-hydrogen) atoms. The van der Waals surface area contributed by atoms with Crippen LogP contribution in [0.2, 0.25) is 0 Å². The van der Waals surface area contributed by atoms with E-state index in [0.29, 0.717) is 12.8 Å². The fraction of sp³-hybridized carbons (Fsp3) is 1.00. The molecule has 0 heterocycles. The van der Waals surface area contributed by atoms with Crippen LogP contribution < -0.4 is 0 Å². The largest absolute Gasteiger partial charge is 0.386 e. The fourth-order valence-electron chi connectivity index (χ4n) is 2.89. The van der Waals surface area contributed by atoms with Crippen LogP contribution in [-0.2, 0) is 0 Å². The molecule has 0 spiro atoms. The van der Waals surface area contributed by atoms with Gasteiger partial charge in [0.15, 0.2) is 0 Å². The highest BCUT2D eigenvalue weighted by atomic mass is 16.6. The van der Waals surface area contributed by atoms with Crippen molar-refractivity contribution in [3.05, 3.63) is 10.1 Å². The Labute approximate surface area is 70.7 Å². The summed E-state index contributed by atoms with van der Waals surface area (Å²) in [4.78, 5) is 10.6. The first-order chi connectivity index (χ1) is 5.68. The van der Waals surface area contributed by atoms with E-state index in [-0.39, 0.29) is 10.8 Å². The lowest BCUT2D eigenvalue weighted by atomic mass is 9.90. The van der Waals surface area contributed by atoms with Crippen molar-refractivity contribution in [3.8, 4) is 0 Å². The number of aliphatic hydroxyl groups is 1. The summed E-state index contributed by atoms with van der Waals surface area (Å²) in [7, 11) is 0. The molecule has 2 rings (SSSR count). The maximum Gasteiger partial charge on any atom is 0.250 e. The van der Waals surface area contributed by atoms with Crippen molar-refractivity contribution in [1.29, 1.82) is 0 Å². The second kappa shape index (κ2) is 2.42. The molecule has 0 aromatic heterocycles. The second-order valence-corrected chi connectivity index (χ2v) is 3.93. The molecule has 0 saturated heterocycles. The monoisotopic (exact) mass is 171 g/mol. The van der Waals surface area contributed by atoms with Crippen LogP contribution in [0.15, 0.2) is 0 Å². The summed E-state index contributed by atoms with van der Waals surface area (Å²) < 4.78 is 0. The molecule has 2 aliphatic carbocycles. The van der Waals surface area contributed by atoms with Gasteiger partial charge in [0.2, 0.25) is 5.54 Å². The second-order valence-electron chi connectivity index (χ2n) is 3.93. The zero-order valence-corrected chi connectivity index (χ0v) is 6.90. The van der Waals surface area contributed by atoms with E-state index in [1.807, 2.05) is 0 Å². The lowest BCUT2D eigenvalue weighted by Gasteiger charge is -2.22. The smallest absolute Gasteiger partial charge is 0.250 e. The highest BCUT2D eigenvalue weighted by Gasteiger charge is 2.62. The average molecular weight is 171 g/mol. The summed E-state index contributed by atoms with van der Waals surface area (Å²) in [5.41, 5.74) is -0.958. The van der Waals surface area contributed by atoms with E-state index in [4.69, 9.17) is 0 Å². The van der Waals surface area contributed by atoms with Crippen LogP contribution in [0.25, 0.3) is 0 Å². The van der Waals surface area contributed by atoms with Gasteiger partial charge in [-0.2, -0.15) is 0 Å². The van der Waals surface area contributed by atoms with Crippen molar-refractivity contribution >= 4 is 0 Å². The van der Waals surface area contributed by atoms with E-state index in [1.54, 1.807) is 0 Å². The van der Waals surface area contributed by atoms with E-state index in [2.05, 4.69) is 0 Å². The molecular formula is C8H13NO3. The van der Waals surface area contributed by atoms with Crippen molar-refractivity contribution in [2.75, 3.05) is 0 Å². The fourth-order valence-corrected chi connectivity index (χ4v) is 2.89. The summed E-state index contributed by atoms with van der Waals surface area (Å²) in [5, 5.41) is 20.4. The SMILES string of the molecule is O=[N+]([O-])C12CCCC1CCC2O.